The lowest BCUT2D eigenvalue weighted by atomic mass is 10.2. The van der Waals surface area contributed by atoms with Crippen LogP contribution in [0.4, 0.5) is 0 Å². The van der Waals surface area contributed by atoms with E-state index in [1.54, 1.807) is 7.11 Å². The number of fused-ring (bicyclic) bond motifs is 1. The number of benzene rings is 1. The molecule has 2 rings (SSSR count). The van der Waals surface area contributed by atoms with Crippen molar-refractivity contribution in [1.29, 1.82) is 0 Å². The van der Waals surface area contributed by atoms with Crippen LogP contribution in [0.25, 0.3) is 0 Å². The molecule has 5 heteroatoms. The van der Waals surface area contributed by atoms with Crippen LogP contribution in [0.2, 0.25) is 0 Å². The van der Waals surface area contributed by atoms with Crippen LogP contribution >= 0.6 is 0 Å². The quantitative estimate of drug-likeness (QED) is 0.821. The zero-order valence-corrected chi connectivity index (χ0v) is 12.8. The second-order valence-electron chi connectivity index (χ2n) is 5.44. The van der Waals surface area contributed by atoms with Crippen molar-refractivity contribution in [1.82, 2.24) is 4.90 Å². The van der Waals surface area contributed by atoms with E-state index in [9.17, 15) is 5.11 Å². The molecule has 0 saturated heterocycles. The maximum atomic E-state index is 10.1. The Morgan fingerprint density at radius 3 is 2.95 bits per heavy atom. The van der Waals surface area contributed by atoms with Crippen molar-refractivity contribution in [2.75, 3.05) is 40.0 Å². The smallest absolute Gasteiger partial charge is 0.123 e. The van der Waals surface area contributed by atoms with Crippen molar-refractivity contribution >= 4 is 0 Å². The van der Waals surface area contributed by atoms with E-state index in [2.05, 4.69) is 11.0 Å². The van der Waals surface area contributed by atoms with Gasteiger partial charge in [0.25, 0.3) is 0 Å². The van der Waals surface area contributed by atoms with Crippen molar-refractivity contribution < 1.29 is 19.3 Å². The largest absolute Gasteiger partial charge is 0.492 e. The van der Waals surface area contributed by atoms with E-state index in [0.29, 0.717) is 26.4 Å². The van der Waals surface area contributed by atoms with Gasteiger partial charge in [-0.25, -0.2) is 0 Å². The second-order valence-corrected chi connectivity index (χ2v) is 5.44. The second kappa shape index (κ2) is 8.34. The Kier molecular flexibility index (Phi) is 6.45. The van der Waals surface area contributed by atoms with Gasteiger partial charge in [-0.05, 0) is 13.0 Å². The predicted molar refractivity (Wildman–Crippen MR) is 80.5 cm³/mol. The van der Waals surface area contributed by atoms with Crippen LogP contribution < -0.4 is 4.74 Å². The number of rotatable bonds is 7. The summed E-state index contributed by atoms with van der Waals surface area (Å²) in [5.74, 6) is 0.944. The average Bonchev–Trinajstić information content (AvgIpc) is 2.67. The van der Waals surface area contributed by atoms with Gasteiger partial charge in [0, 0.05) is 32.3 Å². The van der Waals surface area contributed by atoms with Gasteiger partial charge in [0.2, 0.25) is 0 Å². The van der Waals surface area contributed by atoms with E-state index in [0.717, 1.165) is 24.4 Å². The summed E-state index contributed by atoms with van der Waals surface area (Å²) in [6.45, 7) is 5.62. The molecular formula is C16H25NO4. The summed E-state index contributed by atoms with van der Waals surface area (Å²) in [5.41, 5.74) is 1.16. The van der Waals surface area contributed by atoms with E-state index >= 15 is 0 Å². The number of ether oxygens (including phenoxy) is 3. The van der Waals surface area contributed by atoms with Gasteiger partial charge in [-0.2, -0.15) is 0 Å². The lowest BCUT2D eigenvalue weighted by Crippen LogP contribution is -2.36. The summed E-state index contributed by atoms with van der Waals surface area (Å²) in [4.78, 5) is 2.20. The molecule has 1 aromatic rings. The molecular weight excluding hydrogens is 270 g/mol. The number of aliphatic hydroxyl groups is 1. The molecule has 0 spiro atoms. The van der Waals surface area contributed by atoms with E-state index in [1.165, 1.54) is 0 Å². The van der Waals surface area contributed by atoms with Crippen molar-refractivity contribution in [2.24, 2.45) is 0 Å². The molecule has 2 unspecified atom stereocenters. The molecule has 0 saturated carbocycles. The van der Waals surface area contributed by atoms with Crippen LogP contribution in [-0.2, 0) is 16.0 Å². The number of para-hydroxylation sites is 1. The van der Waals surface area contributed by atoms with Crippen molar-refractivity contribution in [3.05, 3.63) is 29.8 Å². The first-order chi connectivity index (χ1) is 10.2. The van der Waals surface area contributed by atoms with Gasteiger partial charge >= 0.3 is 0 Å². The van der Waals surface area contributed by atoms with E-state index in [-0.39, 0.29) is 6.10 Å². The molecule has 1 aliphatic rings. The van der Waals surface area contributed by atoms with Crippen LogP contribution in [0.5, 0.6) is 5.75 Å². The summed E-state index contributed by atoms with van der Waals surface area (Å²) in [5, 5.41) is 10.1. The number of methoxy groups -OCH3 is 1. The molecule has 0 radical (unpaired) electrons. The zero-order valence-electron chi connectivity index (χ0n) is 12.8. The Morgan fingerprint density at radius 2 is 2.14 bits per heavy atom. The molecule has 0 amide bonds. The maximum Gasteiger partial charge on any atom is 0.123 e. The summed E-state index contributed by atoms with van der Waals surface area (Å²) in [6.07, 6.45) is -0.507. The highest BCUT2D eigenvalue weighted by Gasteiger charge is 2.18. The first-order valence-electron chi connectivity index (χ1n) is 7.40. The number of aliphatic hydroxyl groups excluding tert-OH is 1. The summed E-state index contributed by atoms with van der Waals surface area (Å²) in [7, 11) is 1.64. The molecule has 21 heavy (non-hydrogen) atoms. The number of hydrogen-bond donors (Lipinski definition) is 1. The minimum Gasteiger partial charge on any atom is -0.492 e. The fraction of sp³-hybridized carbons (Fsp3) is 0.625. The Labute approximate surface area is 126 Å². The van der Waals surface area contributed by atoms with Crippen molar-refractivity contribution in [2.45, 2.75) is 25.7 Å². The summed E-state index contributed by atoms with van der Waals surface area (Å²) >= 11 is 0. The first-order valence-corrected chi connectivity index (χ1v) is 7.40. The fourth-order valence-electron chi connectivity index (χ4n) is 2.44. The molecule has 2 atom stereocenters. The zero-order chi connectivity index (χ0) is 15.1. The molecule has 1 N–H and O–H groups in total. The molecule has 1 aliphatic heterocycles. The van der Waals surface area contributed by atoms with Gasteiger partial charge in [-0.1, -0.05) is 18.2 Å². The number of β-amino-alcohol motifs (C(OH)–C–C–N with tert-alkyl or cyclic N) is 1. The number of nitrogens with zero attached hydrogens (tertiary/aromatic N) is 1. The van der Waals surface area contributed by atoms with Crippen LogP contribution in [-0.4, -0.2) is 62.2 Å². The highest BCUT2D eigenvalue weighted by molar-refractivity contribution is 5.33. The molecule has 0 bridgehead atoms. The van der Waals surface area contributed by atoms with Crippen molar-refractivity contribution in [3.63, 3.8) is 0 Å². The SMILES string of the molecule is COCC(C)OCC(O)CN1CCOc2ccccc2C1. The highest BCUT2D eigenvalue weighted by Crippen LogP contribution is 2.22. The maximum absolute atomic E-state index is 10.1. The fourth-order valence-corrected chi connectivity index (χ4v) is 2.44. The molecule has 0 aliphatic carbocycles. The third kappa shape index (κ3) is 5.28. The van der Waals surface area contributed by atoms with Gasteiger partial charge in [0.05, 0.1) is 25.4 Å². The molecule has 118 valence electrons. The highest BCUT2D eigenvalue weighted by atomic mass is 16.5. The predicted octanol–water partition coefficient (Wildman–Crippen LogP) is 1.29. The minimum atomic E-state index is -0.505. The summed E-state index contributed by atoms with van der Waals surface area (Å²) in [6, 6.07) is 8.05. The van der Waals surface area contributed by atoms with Crippen LogP contribution in [0.1, 0.15) is 12.5 Å². The molecule has 0 aromatic heterocycles. The topological polar surface area (TPSA) is 51.2 Å². The third-order valence-corrected chi connectivity index (χ3v) is 3.48. The van der Waals surface area contributed by atoms with Crippen LogP contribution in [0.3, 0.4) is 0 Å². The average molecular weight is 295 g/mol. The Bertz CT molecular complexity index is 426. The van der Waals surface area contributed by atoms with Gasteiger partial charge in [-0.3, -0.25) is 4.90 Å². The lowest BCUT2D eigenvalue weighted by molar-refractivity contribution is -0.0404. The van der Waals surface area contributed by atoms with E-state index < -0.39 is 6.10 Å². The van der Waals surface area contributed by atoms with Crippen LogP contribution in [0, 0.1) is 0 Å². The van der Waals surface area contributed by atoms with Crippen molar-refractivity contribution in [3.8, 4) is 5.75 Å². The number of hydrogen-bond acceptors (Lipinski definition) is 5. The standard InChI is InChI=1S/C16H25NO4/c1-13(11-19-2)21-12-15(18)10-17-7-8-20-16-6-4-3-5-14(16)9-17/h3-6,13,15,18H,7-12H2,1-2H3. The van der Waals surface area contributed by atoms with E-state index in [4.69, 9.17) is 14.2 Å². The Balaban J connectivity index is 1.80. The van der Waals surface area contributed by atoms with Gasteiger partial charge in [-0.15, -0.1) is 0 Å². The molecule has 0 fully saturated rings. The van der Waals surface area contributed by atoms with E-state index in [1.807, 2.05) is 25.1 Å². The minimum absolute atomic E-state index is 0.00200. The van der Waals surface area contributed by atoms with Crippen LogP contribution in [0.15, 0.2) is 24.3 Å². The summed E-state index contributed by atoms with van der Waals surface area (Å²) < 4.78 is 16.3. The van der Waals surface area contributed by atoms with Gasteiger partial charge in [0.1, 0.15) is 12.4 Å². The Hall–Kier alpha value is -1.14. The third-order valence-electron chi connectivity index (χ3n) is 3.48. The normalized spacial score (nSPS) is 18.4. The lowest BCUT2D eigenvalue weighted by Gasteiger charge is -2.23. The monoisotopic (exact) mass is 295 g/mol. The van der Waals surface area contributed by atoms with Gasteiger partial charge < -0.3 is 19.3 Å². The molecule has 5 nitrogen and oxygen atoms in total. The Morgan fingerprint density at radius 1 is 1.33 bits per heavy atom. The molecule has 1 aromatic carbocycles. The first kappa shape index (κ1) is 16.2. The molecule has 1 heterocycles. The van der Waals surface area contributed by atoms with Gasteiger partial charge in [0.15, 0.2) is 0 Å².